The molecule has 4 heteroatoms. The van der Waals surface area contributed by atoms with Gasteiger partial charge in [0.05, 0.1) is 0 Å². The number of benzene rings is 1. The Bertz CT molecular complexity index is 695. The van der Waals surface area contributed by atoms with Crippen LogP contribution in [0.4, 0.5) is 0 Å². The van der Waals surface area contributed by atoms with Crippen molar-refractivity contribution in [2.24, 2.45) is 11.1 Å². The summed E-state index contributed by atoms with van der Waals surface area (Å²) in [5.74, 6) is 0.661. The highest BCUT2D eigenvalue weighted by Gasteiger charge is 2.30. The summed E-state index contributed by atoms with van der Waals surface area (Å²) in [5, 5.41) is 0.912. The van der Waals surface area contributed by atoms with E-state index in [0.29, 0.717) is 11.3 Å². The lowest BCUT2D eigenvalue weighted by atomic mass is 9.85. The number of nitrogens with two attached hydrogens (primary N) is 1. The van der Waals surface area contributed by atoms with Crippen LogP contribution in [0.15, 0.2) is 33.5 Å². The lowest BCUT2D eigenvalue weighted by Crippen LogP contribution is -2.45. The predicted octanol–water partition coefficient (Wildman–Crippen LogP) is 3.24. The molecule has 0 aliphatic carbocycles. The van der Waals surface area contributed by atoms with Crippen LogP contribution in [-0.4, -0.2) is 12.1 Å². The van der Waals surface area contributed by atoms with Crippen molar-refractivity contribution in [1.82, 2.24) is 0 Å². The summed E-state index contributed by atoms with van der Waals surface area (Å²) in [5.41, 5.74) is 7.03. The maximum absolute atomic E-state index is 11.5. The zero-order valence-corrected chi connectivity index (χ0v) is 13.3. The molecule has 4 nitrogen and oxygen atoms in total. The second-order valence-electron chi connectivity index (χ2n) is 6.67. The van der Waals surface area contributed by atoms with Crippen molar-refractivity contribution in [2.75, 3.05) is 0 Å². The monoisotopic (exact) mass is 289 g/mol. The van der Waals surface area contributed by atoms with E-state index in [2.05, 4.69) is 20.8 Å². The van der Waals surface area contributed by atoms with Crippen LogP contribution in [0.2, 0.25) is 0 Å². The van der Waals surface area contributed by atoms with Gasteiger partial charge in [0.2, 0.25) is 0 Å². The Morgan fingerprint density at radius 2 is 1.90 bits per heavy atom. The van der Waals surface area contributed by atoms with Gasteiger partial charge >= 0.3 is 5.63 Å². The third-order valence-corrected chi connectivity index (χ3v) is 3.52. The van der Waals surface area contributed by atoms with Crippen molar-refractivity contribution in [3.63, 3.8) is 0 Å². The molecule has 0 saturated heterocycles. The van der Waals surface area contributed by atoms with E-state index in [1.165, 1.54) is 6.07 Å². The summed E-state index contributed by atoms with van der Waals surface area (Å²) in [4.78, 5) is 11.5. The Morgan fingerprint density at radius 1 is 1.24 bits per heavy atom. The van der Waals surface area contributed by atoms with Crippen LogP contribution in [0.1, 0.15) is 33.3 Å². The predicted molar refractivity (Wildman–Crippen MR) is 84.7 cm³/mol. The molecule has 114 valence electrons. The molecule has 0 spiro atoms. The van der Waals surface area contributed by atoms with E-state index < -0.39 is 0 Å². The molecule has 0 bridgehead atoms. The summed E-state index contributed by atoms with van der Waals surface area (Å²) in [6.45, 7) is 10.1. The van der Waals surface area contributed by atoms with Crippen LogP contribution < -0.4 is 16.1 Å². The average molecular weight is 289 g/mol. The fourth-order valence-electron chi connectivity index (χ4n) is 2.60. The van der Waals surface area contributed by atoms with E-state index >= 15 is 0 Å². The minimum atomic E-state index is -0.350. The Kier molecular flexibility index (Phi) is 4.10. The average Bonchev–Trinajstić information content (AvgIpc) is 2.33. The molecule has 21 heavy (non-hydrogen) atoms. The van der Waals surface area contributed by atoms with Gasteiger partial charge in [-0.05, 0) is 31.5 Å². The van der Waals surface area contributed by atoms with E-state index in [-0.39, 0.29) is 23.2 Å². The molecule has 0 aliphatic rings. The van der Waals surface area contributed by atoms with Crippen LogP contribution >= 0.6 is 0 Å². The van der Waals surface area contributed by atoms with Gasteiger partial charge in [-0.2, -0.15) is 0 Å². The molecule has 2 unspecified atom stereocenters. The zero-order chi connectivity index (χ0) is 15.8. The first-order valence-electron chi connectivity index (χ1n) is 7.15. The molecule has 0 aliphatic heterocycles. The lowest BCUT2D eigenvalue weighted by molar-refractivity contribution is 0.0685. The Balaban J connectivity index is 2.41. The third kappa shape index (κ3) is 3.45. The van der Waals surface area contributed by atoms with E-state index in [9.17, 15) is 4.79 Å². The van der Waals surface area contributed by atoms with Gasteiger partial charge in [0, 0.05) is 29.0 Å². The summed E-state index contributed by atoms with van der Waals surface area (Å²) < 4.78 is 11.3. The maximum Gasteiger partial charge on any atom is 0.336 e. The number of ether oxygens (including phenoxy) is 1. The van der Waals surface area contributed by atoms with E-state index in [0.717, 1.165) is 10.9 Å². The van der Waals surface area contributed by atoms with Crippen molar-refractivity contribution in [2.45, 2.75) is 46.8 Å². The summed E-state index contributed by atoms with van der Waals surface area (Å²) in [6.07, 6.45) is -0.133. The Labute approximate surface area is 124 Å². The molecular formula is C17H23NO3. The van der Waals surface area contributed by atoms with Gasteiger partial charge in [-0.3, -0.25) is 0 Å². The summed E-state index contributed by atoms with van der Waals surface area (Å²) >= 11 is 0. The van der Waals surface area contributed by atoms with E-state index in [4.69, 9.17) is 14.9 Å². The van der Waals surface area contributed by atoms with Crippen LogP contribution in [-0.2, 0) is 0 Å². The topological polar surface area (TPSA) is 65.5 Å². The first-order valence-corrected chi connectivity index (χ1v) is 7.15. The van der Waals surface area contributed by atoms with Crippen LogP contribution in [0.3, 0.4) is 0 Å². The smallest absolute Gasteiger partial charge is 0.336 e. The van der Waals surface area contributed by atoms with Gasteiger partial charge in [-0.1, -0.05) is 20.8 Å². The second-order valence-corrected chi connectivity index (χ2v) is 6.67. The van der Waals surface area contributed by atoms with Crippen molar-refractivity contribution < 1.29 is 9.15 Å². The Morgan fingerprint density at radius 3 is 2.48 bits per heavy atom. The molecule has 0 saturated carbocycles. The Hall–Kier alpha value is -1.81. The van der Waals surface area contributed by atoms with Gasteiger partial charge in [0.25, 0.3) is 0 Å². The molecule has 2 atom stereocenters. The van der Waals surface area contributed by atoms with E-state index in [1.54, 1.807) is 6.07 Å². The van der Waals surface area contributed by atoms with Gasteiger partial charge < -0.3 is 14.9 Å². The third-order valence-electron chi connectivity index (χ3n) is 3.52. The zero-order valence-electron chi connectivity index (χ0n) is 13.3. The van der Waals surface area contributed by atoms with Crippen LogP contribution in [0.25, 0.3) is 11.0 Å². The standard InChI is InChI=1S/C17H23NO3/c1-10-8-15(19)21-14-9-12(6-7-13(10)14)20-16(11(2)18)17(3,4)5/h6-9,11,16H,18H2,1-5H3. The molecule has 2 N–H and O–H groups in total. The highest BCUT2D eigenvalue weighted by atomic mass is 16.5. The van der Waals surface area contributed by atoms with Crippen molar-refractivity contribution >= 4 is 11.0 Å². The van der Waals surface area contributed by atoms with Gasteiger partial charge in [-0.15, -0.1) is 0 Å². The number of hydrogen-bond acceptors (Lipinski definition) is 4. The maximum atomic E-state index is 11.5. The molecule has 0 amide bonds. The molecule has 2 rings (SSSR count). The minimum absolute atomic E-state index is 0.0867. The first-order chi connectivity index (χ1) is 9.68. The van der Waals surface area contributed by atoms with Gasteiger partial charge in [0.15, 0.2) is 0 Å². The molecule has 1 heterocycles. The molecule has 1 aromatic carbocycles. The molecule has 1 aromatic heterocycles. The fraction of sp³-hybridized carbons (Fsp3) is 0.471. The van der Waals surface area contributed by atoms with Gasteiger partial charge in [-0.25, -0.2) is 4.79 Å². The highest BCUT2D eigenvalue weighted by molar-refractivity contribution is 5.81. The first kappa shape index (κ1) is 15.6. The van der Waals surface area contributed by atoms with Crippen LogP contribution in [0.5, 0.6) is 5.75 Å². The van der Waals surface area contributed by atoms with Crippen molar-refractivity contribution in [1.29, 1.82) is 0 Å². The molecule has 0 fully saturated rings. The molecular weight excluding hydrogens is 266 g/mol. The SMILES string of the molecule is Cc1cc(=O)oc2cc(OC(C(C)N)C(C)(C)C)ccc12. The van der Waals surface area contributed by atoms with Crippen LogP contribution in [0, 0.1) is 12.3 Å². The van der Waals surface area contributed by atoms with Gasteiger partial charge in [0.1, 0.15) is 17.4 Å². The number of hydrogen-bond donors (Lipinski definition) is 1. The lowest BCUT2D eigenvalue weighted by Gasteiger charge is -2.34. The summed E-state index contributed by atoms with van der Waals surface area (Å²) in [6, 6.07) is 6.93. The summed E-state index contributed by atoms with van der Waals surface area (Å²) in [7, 11) is 0. The highest BCUT2D eigenvalue weighted by Crippen LogP contribution is 2.29. The largest absolute Gasteiger partial charge is 0.488 e. The normalized spacial score (nSPS) is 15.0. The minimum Gasteiger partial charge on any atom is -0.488 e. The number of rotatable bonds is 3. The molecule has 2 aromatic rings. The van der Waals surface area contributed by atoms with Crippen molar-refractivity contribution in [3.05, 3.63) is 40.2 Å². The van der Waals surface area contributed by atoms with E-state index in [1.807, 2.05) is 26.0 Å². The van der Waals surface area contributed by atoms with Crippen molar-refractivity contribution in [3.8, 4) is 5.75 Å². The fourth-order valence-corrected chi connectivity index (χ4v) is 2.60. The molecule has 0 radical (unpaired) electrons. The second kappa shape index (κ2) is 5.53. The quantitative estimate of drug-likeness (QED) is 0.881. The number of fused-ring (bicyclic) bond motifs is 1. The number of aryl methyl sites for hydroxylation is 1.